The second kappa shape index (κ2) is 8.03. The lowest BCUT2D eigenvalue weighted by atomic mass is 10.2. The molecular formula is C16H13Cl2N5O3S. The Balaban J connectivity index is 1.85. The first-order chi connectivity index (χ1) is 12.9. The van der Waals surface area contributed by atoms with Crippen molar-refractivity contribution >= 4 is 40.7 Å². The third-order valence-corrected chi connectivity index (χ3v) is 5.21. The zero-order chi connectivity index (χ0) is 19.6. The SMILES string of the molecule is COc1ccc([N+](=O)[O-])cc1CSc1nnc(-c2ccc(Cl)cc2Cl)n1N. The predicted octanol–water partition coefficient (Wildman–Crippen LogP) is 4.17. The predicted molar refractivity (Wildman–Crippen MR) is 105 cm³/mol. The smallest absolute Gasteiger partial charge is 0.270 e. The van der Waals surface area contributed by atoms with Crippen LogP contribution in [-0.4, -0.2) is 26.9 Å². The molecule has 0 saturated heterocycles. The van der Waals surface area contributed by atoms with Gasteiger partial charge in [0.05, 0.1) is 17.1 Å². The third-order valence-electron chi connectivity index (χ3n) is 3.67. The number of non-ortho nitro benzene ring substituents is 1. The second-order valence-electron chi connectivity index (χ2n) is 5.34. The normalized spacial score (nSPS) is 10.8. The Morgan fingerprint density at radius 2 is 2.04 bits per heavy atom. The largest absolute Gasteiger partial charge is 0.496 e. The van der Waals surface area contributed by atoms with Gasteiger partial charge in [-0.15, -0.1) is 10.2 Å². The molecule has 2 N–H and O–H groups in total. The molecule has 2 aromatic carbocycles. The number of nitrogens with two attached hydrogens (primary N) is 1. The molecule has 0 aliphatic carbocycles. The van der Waals surface area contributed by atoms with E-state index in [0.717, 1.165) is 0 Å². The molecule has 0 aliphatic rings. The second-order valence-corrected chi connectivity index (χ2v) is 7.13. The number of aromatic nitrogens is 3. The Bertz CT molecular complexity index is 1010. The van der Waals surface area contributed by atoms with Gasteiger partial charge in [-0.3, -0.25) is 10.1 Å². The molecule has 3 rings (SSSR count). The molecule has 0 radical (unpaired) electrons. The van der Waals surface area contributed by atoms with Crippen LogP contribution in [-0.2, 0) is 5.75 Å². The molecule has 0 bridgehead atoms. The lowest BCUT2D eigenvalue weighted by Gasteiger charge is -2.08. The van der Waals surface area contributed by atoms with Gasteiger partial charge >= 0.3 is 0 Å². The van der Waals surface area contributed by atoms with Crippen molar-refractivity contribution in [3.05, 3.63) is 62.1 Å². The molecule has 27 heavy (non-hydrogen) atoms. The number of hydrogen-bond acceptors (Lipinski definition) is 7. The highest BCUT2D eigenvalue weighted by Gasteiger charge is 2.17. The van der Waals surface area contributed by atoms with Crippen LogP contribution in [0.5, 0.6) is 5.75 Å². The van der Waals surface area contributed by atoms with Crippen LogP contribution in [0.4, 0.5) is 5.69 Å². The highest BCUT2D eigenvalue weighted by atomic mass is 35.5. The van der Waals surface area contributed by atoms with Crippen molar-refractivity contribution in [2.75, 3.05) is 13.0 Å². The number of benzene rings is 2. The summed E-state index contributed by atoms with van der Waals surface area (Å²) in [4.78, 5) is 10.5. The van der Waals surface area contributed by atoms with Gasteiger partial charge in [0.2, 0.25) is 5.16 Å². The molecule has 0 unspecified atom stereocenters. The van der Waals surface area contributed by atoms with Gasteiger partial charge in [0, 0.05) is 34.0 Å². The van der Waals surface area contributed by atoms with Gasteiger partial charge in [-0.1, -0.05) is 35.0 Å². The zero-order valence-electron chi connectivity index (χ0n) is 13.9. The Hall–Kier alpha value is -2.49. The van der Waals surface area contributed by atoms with Crippen LogP contribution in [0.15, 0.2) is 41.6 Å². The number of halogens is 2. The molecule has 0 amide bonds. The quantitative estimate of drug-likeness (QED) is 0.273. The van der Waals surface area contributed by atoms with Crippen LogP contribution in [0.2, 0.25) is 10.0 Å². The number of nitrogen functional groups attached to an aromatic ring is 1. The highest BCUT2D eigenvalue weighted by molar-refractivity contribution is 7.98. The molecule has 0 spiro atoms. The van der Waals surface area contributed by atoms with Gasteiger partial charge in [0.25, 0.3) is 5.69 Å². The van der Waals surface area contributed by atoms with Crippen molar-refractivity contribution in [2.24, 2.45) is 0 Å². The number of hydrogen-bond donors (Lipinski definition) is 1. The summed E-state index contributed by atoms with van der Waals surface area (Å²) in [5.41, 5.74) is 1.22. The third kappa shape index (κ3) is 4.10. The molecule has 1 heterocycles. The van der Waals surface area contributed by atoms with Crippen LogP contribution >= 0.6 is 35.0 Å². The number of nitro groups is 1. The lowest BCUT2D eigenvalue weighted by molar-refractivity contribution is -0.384. The Kier molecular flexibility index (Phi) is 5.73. The van der Waals surface area contributed by atoms with Crippen molar-refractivity contribution in [1.29, 1.82) is 0 Å². The fourth-order valence-electron chi connectivity index (χ4n) is 2.36. The van der Waals surface area contributed by atoms with Gasteiger partial charge in [-0.25, -0.2) is 4.68 Å². The van der Waals surface area contributed by atoms with E-state index >= 15 is 0 Å². The summed E-state index contributed by atoms with van der Waals surface area (Å²) >= 11 is 13.4. The Morgan fingerprint density at radius 1 is 1.26 bits per heavy atom. The van der Waals surface area contributed by atoms with Gasteiger partial charge < -0.3 is 10.6 Å². The van der Waals surface area contributed by atoms with Crippen molar-refractivity contribution in [1.82, 2.24) is 14.9 Å². The van der Waals surface area contributed by atoms with Crippen LogP contribution in [0.25, 0.3) is 11.4 Å². The minimum absolute atomic E-state index is 0.0192. The number of methoxy groups -OCH3 is 1. The minimum Gasteiger partial charge on any atom is -0.496 e. The molecule has 140 valence electrons. The lowest BCUT2D eigenvalue weighted by Crippen LogP contribution is -2.11. The van der Waals surface area contributed by atoms with E-state index in [0.29, 0.717) is 43.7 Å². The number of nitro benzene ring substituents is 1. The maximum Gasteiger partial charge on any atom is 0.270 e. The summed E-state index contributed by atoms with van der Waals surface area (Å²) in [5, 5.41) is 20.5. The van der Waals surface area contributed by atoms with Gasteiger partial charge in [0.1, 0.15) is 5.75 Å². The van der Waals surface area contributed by atoms with Crippen LogP contribution < -0.4 is 10.6 Å². The minimum atomic E-state index is -0.459. The van der Waals surface area contributed by atoms with E-state index in [2.05, 4.69) is 10.2 Å². The van der Waals surface area contributed by atoms with E-state index in [1.54, 1.807) is 24.3 Å². The zero-order valence-corrected chi connectivity index (χ0v) is 16.3. The summed E-state index contributed by atoms with van der Waals surface area (Å²) in [6.07, 6.45) is 0. The number of nitrogens with zero attached hydrogens (tertiary/aromatic N) is 4. The molecule has 1 aromatic heterocycles. The van der Waals surface area contributed by atoms with Crippen molar-refractivity contribution in [2.45, 2.75) is 10.9 Å². The van der Waals surface area contributed by atoms with E-state index in [9.17, 15) is 10.1 Å². The van der Waals surface area contributed by atoms with Crippen molar-refractivity contribution < 1.29 is 9.66 Å². The summed E-state index contributed by atoms with van der Waals surface area (Å²) < 4.78 is 6.57. The van der Waals surface area contributed by atoms with E-state index in [1.807, 2.05) is 0 Å². The number of rotatable bonds is 6. The number of thioether (sulfide) groups is 1. The standard InChI is InChI=1S/C16H13Cl2N5O3S/c1-26-14-5-3-11(23(24)25)6-9(14)8-27-16-21-20-15(22(16)19)12-4-2-10(17)7-13(12)18/h2-7H,8,19H2,1H3. The van der Waals surface area contributed by atoms with Crippen molar-refractivity contribution in [3.63, 3.8) is 0 Å². The molecular weight excluding hydrogens is 413 g/mol. The van der Waals surface area contributed by atoms with Crippen LogP contribution in [0, 0.1) is 10.1 Å². The topological polar surface area (TPSA) is 109 Å². The molecule has 11 heteroatoms. The first-order valence-corrected chi connectivity index (χ1v) is 9.25. The molecule has 0 aliphatic heterocycles. The van der Waals surface area contributed by atoms with E-state index in [-0.39, 0.29) is 5.69 Å². The van der Waals surface area contributed by atoms with Crippen LogP contribution in [0.3, 0.4) is 0 Å². The summed E-state index contributed by atoms with van der Waals surface area (Å²) in [5.74, 6) is 7.37. The molecule has 3 aromatic rings. The van der Waals surface area contributed by atoms with E-state index in [4.69, 9.17) is 33.8 Å². The van der Waals surface area contributed by atoms with Gasteiger partial charge in [-0.2, -0.15) is 0 Å². The molecule has 8 nitrogen and oxygen atoms in total. The first-order valence-electron chi connectivity index (χ1n) is 7.50. The molecule has 0 saturated carbocycles. The Morgan fingerprint density at radius 3 is 2.70 bits per heavy atom. The maximum absolute atomic E-state index is 11.0. The monoisotopic (exact) mass is 425 g/mol. The maximum atomic E-state index is 11.0. The summed E-state index contributed by atoms with van der Waals surface area (Å²) in [6, 6.07) is 9.38. The van der Waals surface area contributed by atoms with E-state index < -0.39 is 4.92 Å². The van der Waals surface area contributed by atoms with Gasteiger partial charge in [-0.05, 0) is 24.3 Å². The average molecular weight is 426 g/mol. The van der Waals surface area contributed by atoms with Gasteiger partial charge in [0.15, 0.2) is 5.82 Å². The molecule has 0 atom stereocenters. The van der Waals surface area contributed by atoms with Crippen LogP contribution in [0.1, 0.15) is 5.56 Å². The summed E-state index contributed by atoms with van der Waals surface area (Å²) in [6.45, 7) is 0. The van der Waals surface area contributed by atoms with E-state index in [1.165, 1.54) is 35.7 Å². The first kappa shape index (κ1) is 19.3. The molecule has 0 fully saturated rings. The van der Waals surface area contributed by atoms with Crippen molar-refractivity contribution in [3.8, 4) is 17.1 Å². The fourth-order valence-corrected chi connectivity index (χ4v) is 3.69. The fraction of sp³-hybridized carbons (Fsp3) is 0.125. The number of ether oxygens (including phenoxy) is 1. The highest BCUT2D eigenvalue weighted by Crippen LogP contribution is 2.33. The average Bonchev–Trinajstić information content (AvgIpc) is 3.00. The Labute approximate surface area is 168 Å². The summed E-state index contributed by atoms with van der Waals surface area (Å²) in [7, 11) is 1.50.